The molecule has 0 unspecified atom stereocenters. The molecule has 0 saturated heterocycles. The van der Waals surface area contributed by atoms with Crippen LogP contribution in [0, 0.1) is 17.8 Å². The minimum atomic E-state index is -1.26. The predicted molar refractivity (Wildman–Crippen MR) is 93.9 cm³/mol. The van der Waals surface area contributed by atoms with Crippen LogP contribution in [0.5, 0.6) is 5.75 Å². The van der Waals surface area contributed by atoms with Gasteiger partial charge in [-0.2, -0.15) is 0 Å². The van der Waals surface area contributed by atoms with Gasteiger partial charge in [-0.25, -0.2) is 0 Å². The van der Waals surface area contributed by atoms with Gasteiger partial charge >= 0.3 is 0 Å². The number of benzene rings is 1. The Labute approximate surface area is 144 Å². The van der Waals surface area contributed by atoms with Crippen molar-refractivity contribution in [3.63, 3.8) is 0 Å². The SMILES string of the molecule is CC(C)[C@@H]1CC[C@@H](C)C[C@@]1(O)C(=O)N[C@@H]1COc2ccccc2C1. The molecule has 1 aromatic carbocycles. The van der Waals surface area contributed by atoms with E-state index in [-0.39, 0.29) is 23.8 Å². The number of carbonyl (C=O) groups excluding carboxylic acids is 1. The molecule has 1 fully saturated rings. The number of para-hydroxylation sites is 1. The molecule has 1 heterocycles. The molecule has 1 aromatic rings. The van der Waals surface area contributed by atoms with E-state index >= 15 is 0 Å². The highest BCUT2D eigenvalue weighted by atomic mass is 16.5. The lowest BCUT2D eigenvalue weighted by Crippen LogP contribution is -2.59. The molecule has 4 heteroatoms. The van der Waals surface area contributed by atoms with Gasteiger partial charge in [-0.05, 0) is 48.6 Å². The summed E-state index contributed by atoms with van der Waals surface area (Å²) in [4.78, 5) is 12.9. The fourth-order valence-corrected chi connectivity index (χ4v) is 4.36. The summed E-state index contributed by atoms with van der Waals surface area (Å²) in [5.41, 5.74) is -0.151. The molecular formula is C20H29NO3. The van der Waals surface area contributed by atoms with Crippen LogP contribution in [0.2, 0.25) is 0 Å². The van der Waals surface area contributed by atoms with Crippen LogP contribution >= 0.6 is 0 Å². The third-order valence-corrected chi connectivity index (χ3v) is 5.66. The van der Waals surface area contributed by atoms with Crippen molar-refractivity contribution in [3.05, 3.63) is 29.8 Å². The van der Waals surface area contributed by atoms with Crippen molar-refractivity contribution >= 4 is 5.91 Å². The highest BCUT2D eigenvalue weighted by Gasteiger charge is 2.48. The van der Waals surface area contributed by atoms with Crippen molar-refractivity contribution in [1.82, 2.24) is 5.32 Å². The molecule has 2 N–H and O–H groups in total. The van der Waals surface area contributed by atoms with Crippen LogP contribution < -0.4 is 10.1 Å². The van der Waals surface area contributed by atoms with Crippen molar-refractivity contribution in [3.8, 4) is 5.75 Å². The zero-order valence-corrected chi connectivity index (χ0v) is 14.9. The van der Waals surface area contributed by atoms with Crippen LogP contribution in [-0.2, 0) is 11.2 Å². The van der Waals surface area contributed by atoms with Crippen molar-refractivity contribution in [2.45, 2.75) is 58.1 Å². The molecule has 0 aromatic heterocycles. The van der Waals surface area contributed by atoms with Crippen LogP contribution in [-0.4, -0.2) is 29.3 Å². The summed E-state index contributed by atoms with van der Waals surface area (Å²) in [5.74, 6) is 1.36. The van der Waals surface area contributed by atoms with E-state index in [9.17, 15) is 9.90 Å². The van der Waals surface area contributed by atoms with Crippen LogP contribution in [0.4, 0.5) is 0 Å². The minimum Gasteiger partial charge on any atom is -0.491 e. The third kappa shape index (κ3) is 3.30. The standard InChI is InChI=1S/C20H29NO3/c1-13(2)17-9-8-14(3)11-20(17,23)19(22)21-16-10-15-6-4-5-7-18(15)24-12-16/h4-7,13-14,16-17,23H,8-12H2,1-3H3,(H,21,22)/t14-,16+,17+,20+/m1/s1. The molecule has 0 radical (unpaired) electrons. The number of amides is 1. The molecule has 1 aliphatic carbocycles. The summed E-state index contributed by atoms with van der Waals surface area (Å²) in [5, 5.41) is 14.3. The van der Waals surface area contributed by atoms with Crippen LogP contribution in [0.25, 0.3) is 0 Å². The molecule has 4 atom stereocenters. The summed E-state index contributed by atoms with van der Waals surface area (Å²) < 4.78 is 5.76. The predicted octanol–water partition coefficient (Wildman–Crippen LogP) is 2.93. The molecule has 2 aliphatic rings. The Kier molecular flexibility index (Phi) is 4.86. The molecular weight excluding hydrogens is 302 g/mol. The van der Waals surface area contributed by atoms with E-state index in [1.807, 2.05) is 24.3 Å². The maximum absolute atomic E-state index is 12.9. The Morgan fingerprint density at radius 1 is 1.33 bits per heavy atom. The molecule has 1 aliphatic heterocycles. The monoisotopic (exact) mass is 331 g/mol. The highest BCUT2D eigenvalue weighted by molar-refractivity contribution is 5.85. The Morgan fingerprint density at radius 2 is 2.08 bits per heavy atom. The Morgan fingerprint density at radius 3 is 2.83 bits per heavy atom. The van der Waals surface area contributed by atoms with Crippen LogP contribution in [0.3, 0.4) is 0 Å². The Balaban J connectivity index is 1.71. The highest BCUT2D eigenvalue weighted by Crippen LogP contribution is 2.41. The molecule has 24 heavy (non-hydrogen) atoms. The largest absolute Gasteiger partial charge is 0.491 e. The van der Waals surface area contributed by atoms with Gasteiger partial charge in [0.2, 0.25) is 0 Å². The van der Waals surface area contributed by atoms with Crippen molar-refractivity contribution in [2.24, 2.45) is 17.8 Å². The van der Waals surface area contributed by atoms with Gasteiger partial charge in [0.1, 0.15) is 18.0 Å². The second-order valence-corrected chi connectivity index (χ2v) is 7.95. The molecule has 0 spiro atoms. The number of aliphatic hydroxyl groups is 1. The summed E-state index contributed by atoms with van der Waals surface area (Å²) in [6.07, 6.45) is 3.29. The molecule has 132 valence electrons. The molecule has 1 amide bonds. The van der Waals surface area contributed by atoms with Gasteiger partial charge in [-0.3, -0.25) is 4.79 Å². The van der Waals surface area contributed by atoms with E-state index < -0.39 is 5.60 Å². The quantitative estimate of drug-likeness (QED) is 0.895. The van der Waals surface area contributed by atoms with Crippen molar-refractivity contribution in [2.75, 3.05) is 6.61 Å². The fraction of sp³-hybridized carbons (Fsp3) is 0.650. The lowest BCUT2D eigenvalue weighted by Gasteiger charge is -2.44. The van der Waals surface area contributed by atoms with E-state index in [0.717, 1.165) is 30.6 Å². The number of hydrogen-bond donors (Lipinski definition) is 2. The van der Waals surface area contributed by atoms with Crippen molar-refractivity contribution in [1.29, 1.82) is 0 Å². The molecule has 0 bridgehead atoms. The first-order valence-electron chi connectivity index (χ1n) is 9.14. The maximum atomic E-state index is 12.9. The molecule has 3 rings (SSSR count). The van der Waals surface area contributed by atoms with Gasteiger partial charge in [0.25, 0.3) is 5.91 Å². The summed E-state index contributed by atoms with van der Waals surface area (Å²) in [6, 6.07) is 7.84. The fourth-order valence-electron chi connectivity index (χ4n) is 4.36. The number of ether oxygens (including phenoxy) is 1. The second-order valence-electron chi connectivity index (χ2n) is 7.95. The lowest BCUT2D eigenvalue weighted by atomic mass is 9.66. The van der Waals surface area contributed by atoms with Gasteiger partial charge in [-0.1, -0.05) is 45.4 Å². The number of carbonyl (C=O) groups is 1. The van der Waals surface area contributed by atoms with E-state index in [1.165, 1.54) is 0 Å². The number of rotatable bonds is 3. The lowest BCUT2D eigenvalue weighted by molar-refractivity contribution is -0.156. The van der Waals surface area contributed by atoms with E-state index in [1.54, 1.807) is 0 Å². The topological polar surface area (TPSA) is 58.6 Å². The van der Waals surface area contributed by atoms with Gasteiger partial charge in [0.05, 0.1) is 6.04 Å². The van der Waals surface area contributed by atoms with Crippen LogP contribution in [0.15, 0.2) is 24.3 Å². The second kappa shape index (κ2) is 6.75. The van der Waals surface area contributed by atoms with Gasteiger partial charge in [-0.15, -0.1) is 0 Å². The summed E-state index contributed by atoms with van der Waals surface area (Å²) in [6.45, 7) is 6.77. The molecule has 1 saturated carbocycles. The van der Waals surface area contributed by atoms with E-state index in [0.29, 0.717) is 18.9 Å². The summed E-state index contributed by atoms with van der Waals surface area (Å²) in [7, 11) is 0. The number of fused-ring (bicyclic) bond motifs is 1. The zero-order valence-electron chi connectivity index (χ0n) is 14.9. The first-order chi connectivity index (χ1) is 11.4. The number of hydrogen-bond acceptors (Lipinski definition) is 3. The maximum Gasteiger partial charge on any atom is 0.252 e. The summed E-state index contributed by atoms with van der Waals surface area (Å²) >= 11 is 0. The number of nitrogens with one attached hydrogen (secondary N) is 1. The van der Waals surface area contributed by atoms with Gasteiger partial charge < -0.3 is 15.2 Å². The van der Waals surface area contributed by atoms with E-state index in [2.05, 4.69) is 26.1 Å². The normalized spacial score (nSPS) is 32.8. The van der Waals surface area contributed by atoms with Crippen LogP contribution in [0.1, 0.15) is 45.6 Å². The average molecular weight is 331 g/mol. The minimum absolute atomic E-state index is 0.0190. The average Bonchev–Trinajstić information content (AvgIpc) is 2.54. The Hall–Kier alpha value is -1.55. The molecule has 4 nitrogen and oxygen atoms in total. The zero-order chi connectivity index (χ0) is 17.3. The Bertz CT molecular complexity index is 600. The smallest absolute Gasteiger partial charge is 0.252 e. The van der Waals surface area contributed by atoms with E-state index in [4.69, 9.17) is 4.74 Å². The van der Waals surface area contributed by atoms with Crippen molar-refractivity contribution < 1.29 is 14.6 Å². The van der Waals surface area contributed by atoms with Gasteiger partial charge in [0, 0.05) is 0 Å². The third-order valence-electron chi connectivity index (χ3n) is 5.66. The first-order valence-corrected chi connectivity index (χ1v) is 9.14. The van der Waals surface area contributed by atoms with Gasteiger partial charge in [0.15, 0.2) is 0 Å². The first kappa shape index (κ1) is 17.3.